The van der Waals surface area contributed by atoms with Gasteiger partial charge in [-0.1, -0.05) is 19.1 Å². The molecule has 0 saturated carbocycles. The van der Waals surface area contributed by atoms with Crippen LogP contribution in [0.25, 0.3) is 0 Å². The van der Waals surface area contributed by atoms with E-state index in [-0.39, 0.29) is 12.5 Å². The van der Waals surface area contributed by atoms with Crippen LogP contribution in [-0.2, 0) is 16.1 Å². The zero-order valence-corrected chi connectivity index (χ0v) is 9.90. The highest BCUT2D eigenvalue weighted by Crippen LogP contribution is 2.12. The largest absolute Gasteiger partial charge is 0.484 e. The third-order valence-corrected chi connectivity index (χ3v) is 2.32. The van der Waals surface area contributed by atoms with Crippen molar-refractivity contribution in [3.8, 4) is 5.75 Å². The van der Waals surface area contributed by atoms with E-state index in [1.165, 1.54) is 12.7 Å². The van der Waals surface area contributed by atoms with Gasteiger partial charge >= 0.3 is 0 Å². The molecule has 4 heteroatoms. The number of carbonyl (C=O) groups excluding carboxylic acids is 1. The summed E-state index contributed by atoms with van der Waals surface area (Å²) in [4.78, 5) is 16.1. The molecule has 0 aliphatic carbocycles. The summed E-state index contributed by atoms with van der Waals surface area (Å²) in [5, 5.41) is 1.14. The summed E-state index contributed by atoms with van der Waals surface area (Å²) in [7, 11) is 2.99. The van der Waals surface area contributed by atoms with Crippen LogP contribution in [0.15, 0.2) is 24.3 Å². The maximum atomic E-state index is 11.3. The molecule has 0 heterocycles. The number of benzene rings is 1. The lowest BCUT2D eigenvalue weighted by molar-refractivity contribution is -0.170. The summed E-state index contributed by atoms with van der Waals surface area (Å²) in [6, 6.07) is 7.69. The number of ether oxygens (including phenoxy) is 1. The number of hydroxylamine groups is 2. The monoisotopic (exact) mass is 223 g/mol. The quantitative estimate of drug-likeness (QED) is 0.712. The Kier molecular flexibility index (Phi) is 4.79. The van der Waals surface area contributed by atoms with Crippen molar-refractivity contribution in [1.82, 2.24) is 5.06 Å². The molecule has 0 radical (unpaired) electrons. The average molecular weight is 223 g/mol. The van der Waals surface area contributed by atoms with Crippen LogP contribution in [0.1, 0.15) is 12.5 Å². The molecule has 0 saturated heterocycles. The summed E-state index contributed by atoms with van der Waals surface area (Å²) in [5.41, 5.74) is 1.24. The summed E-state index contributed by atoms with van der Waals surface area (Å²) >= 11 is 0. The second-order valence-electron chi connectivity index (χ2n) is 3.36. The van der Waals surface area contributed by atoms with E-state index < -0.39 is 0 Å². The second-order valence-corrected chi connectivity index (χ2v) is 3.36. The summed E-state index contributed by atoms with van der Waals surface area (Å²) < 4.78 is 5.32. The van der Waals surface area contributed by atoms with Crippen LogP contribution >= 0.6 is 0 Å². The van der Waals surface area contributed by atoms with Gasteiger partial charge in [-0.05, 0) is 24.1 Å². The van der Waals surface area contributed by atoms with Gasteiger partial charge in [-0.25, -0.2) is 5.06 Å². The molecule has 1 aromatic carbocycles. The Morgan fingerprint density at radius 3 is 2.44 bits per heavy atom. The van der Waals surface area contributed by atoms with Gasteiger partial charge in [-0.3, -0.25) is 9.63 Å². The highest BCUT2D eigenvalue weighted by atomic mass is 16.7. The van der Waals surface area contributed by atoms with Crippen molar-refractivity contribution in [3.63, 3.8) is 0 Å². The molecule has 0 aliphatic rings. The van der Waals surface area contributed by atoms with Crippen molar-refractivity contribution >= 4 is 5.91 Å². The Morgan fingerprint density at radius 1 is 1.31 bits per heavy atom. The zero-order valence-electron chi connectivity index (χ0n) is 9.90. The number of amides is 1. The van der Waals surface area contributed by atoms with Crippen LogP contribution in [0.2, 0.25) is 0 Å². The minimum absolute atomic E-state index is 0.0180. The number of aryl methyl sites for hydroxylation is 1. The Bertz CT molecular complexity index is 335. The van der Waals surface area contributed by atoms with Gasteiger partial charge in [-0.15, -0.1) is 0 Å². The minimum atomic E-state index is -0.220. The fourth-order valence-corrected chi connectivity index (χ4v) is 1.16. The lowest BCUT2D eigenvalue weighted by Crippen LogP contribution is -2.30. The molecule has 1 aromatic rings. The molecule has 0 fully saturated rings. The van der Waals surface area contributed by atoms with E-state index in [9.17, 15) is 4.79 Å². The predicted octanol–water partition coefficient (Wildman–Crippen LogP) is 1.65. The smallest absolute Gasteiger partial charge is 0.283 e. The molecule has 0 spiro atoms. The molecule has 1 amide bonds. The molecule has 0 atom stereocenters. The van der Waals surface area contributed by atoms with Crippen LogP contribution < -0.4 is 4.74 Å². The number of hydrogen-bond donors (Lipinski definition) is 0. The topological polar surface area (TPSA) is 38.8 Å². The first-order valence-electron chi connectivity index (χ1n) is 5.19. The highest BCUT2D eigenvalue weighted by Gasteiger charge is 2.08. The predicted molar refractivity (Wildman–Crippen MR) is 61.1 cm³/mol. The lowest BCUT2D eigenvalue weighted by Gasteiger charge is -2.14. The van der Waals surface area contributed by atoms with Gasteiger partial charge in [0.05, 0.1) is 7.11 Å². The molecule has 0 bridgehead atoms. The van der Waals surface area contributed by atoms with Crippen molar-refractivity contribution in [2.24, 2.45) is 0 Å². The van der Waals surface area contributed by atoms with Gasteiger partial charge in [0.1, 0.15) is 5.75 Å². The first-order chi connectivity index (χ1) is 7.67. The van der Waals surface area contributed by atoms with E-state index in [1.54, 1.807) is 7.05 Å². The number of rotatable bonds is 5. The maximum Gasteiger partial charge on any atom is 0.283 e. The maximum absolute atomic E-state index is 11.3. The van der Waals surface area contributed by atoms with E-state index in [0.29, 0.717) is 5.75 Å². The van der Waals surface area contributed by atoms with Crippen LogP contribution in [0.3, 0.4) is 0 Å². The molecule has 0 N–H and O–H groups in total. The second kappa shape index (κ2) is 6.12. The van der Waals surface area contributed by atoms with Gasteiger partial charge in [0, 0.05) is 7.05 Å². The van der Waals surface area contributed by atoms with Gasteiger partial charge in [-0.2, -0.15) is 0 Å². The Labute approximate surface area is 95.7 Å². The molecule has 1 rings (SSSR count). The molecule has 0 aliphatic heterocycles. The third-order valence-electron chi connectivity index (χ3n) is 2.32. The van der Waals surface area contributed by atoms with Crippen molar-refractivity contribution in [2.75, 3.05) is 20.8 Å². The van der Waals surface area contributed by atoms with E-state index in [0.717, 1.165) is 11.5 Å². The van der Waals surface area contributed by atoms with Gasteiger partial charge < -0.3 is 4.74 Å². The van der Waals surface area contributed by atoms with Crippen LogP contribution in [-0.4, -0.2) is 31.7 Å². The molecule has 4 nitrogen and oxygen atoms in total. The molecular formula is C12H17NO3. The van der Waals surface area contributed by atoms with E-state index in [4.69, 9.17) is 9.57 Å². The zero-order chi connectivity index (χ0) is 12.0. The van der Waals surface area contributed by atoms with Crippen molar-refractivity contribution < 1.29 is 14.4 Å². The minimum Gasteiger partial charge on any atom is -0.484 e. The van der Waals surface area contributed by atoms with Gasteiger partial charge in [0.2, 0.25) is 0 Å². The first-order valence-corrected chi connectivity index (χ1v) is 5.19. The molecule has 16 heavy (non-hydrogen) atoms. The fourth-order valence-electron chi connectivity index (χ4n) is 1.16. The Balaban J connectivity index is 2.45. The number of likely N-dealkylation sites (N-methyl/N-ethyl adjacent to an activating group) is 1. The van der Waals surface area contributed by atoms with Crippen molar-refractivity contribution in [3.05, 3.63) is 29.8 Å². The normalized spacial score (nSPS) is 9.94. The first kappa shape index (κ1) is 12.5. The Hall–Kier alpha value is -1.55. The standard InChI is InChI=1S/C12H17NO3/c1-4-10-5-7-11(8-6-10)16-9-12(14)13(2)15-3/h5-8H,4,9H2,1-3H3. The van der Waals surface area contributed by atoms with Crippen LogP contribution in [0, 0.1) is 0 Å². The molecule has 0 aromatic heterocycles. The summed E-state index contributed by atoms with van der Waals surface area (Å²) in [5.74, 6) is 0.470. The van der Waals surface area contributed by atoms with Gasteiger partial charge in [0.25, 0.3) is 5.91 Å². The fraction of sp³-hybridized carbons (Fsp3) is 0.417. The SMILES string of the molecule is CCc1ccc(OCC(=O)N(C)OC)cc1. The van der Waals surface area contributed by atoms with E-state index in [1.807, 2.05) is 24.3 Å². The molecule has 0 unspecified atom stereocenters. The van der Waals surface area contributed by atoms with Crippen LogP contribution in [0.4, 0.5) is 0 Å². The lowest BCUT2D eigenvalue weighted by atomic mass is 10.2. The number of hydrogen-bond acceptors (Lipinski definition) is 3. The van der Waals surface area contributed by atoms with Crippen LogP contribution in [0.5, 0.6) is 5.75 Å². The van der Waals surface area contributed by atoms with E-state index in [2.05, 4.69) is 6.92 Å². The highest BCUT2D eigenvalue weighted by molar-refractivity contribution is 5.76. The van der Waals surface area contributed by atoms with E-state index >= 15 is 0 Å². The summed E-state index contributed by atoms with van der Waals surface area (Å²) in [6.45, 7) is 2.07. The summed E-state index contributed by atoms with van der Waals surface area (Å²) in [6.07, 6.45) is 0.992. The number of carbonyl (C=O) groups is 1. The Morgan fingerprint density at radius 2 is 1.94 bits per heavy atom. The molecule has 88 valence electrons. The third kappa shape index (κ3) is 3.55. The number of nitrogens with zero attached hydrogens (tertiary/aromatic N) is 1. The average Bonchev–Trinajstić information content (AvgIpc) is 2.35. The van der Waals surface area contributed by atoms with Gasteiger partial charge in [0.15, 0.2) is 6.61 Å². The van der Waals surface area contributed by atoms with Crippen molar-refractivity contribution in [2.45, 2.75) is 13.3 Å². The molecular weight excluding hydrogens is 206 g/mol. The van der Waals surface area contributed by atoms with Crippen molar-refractivity contribution in [1.29, 1.82) is 0 Å².